The van der Waals surface area contributed by atoms with Gasteiger partial charge in [-0.1, -0.05) is 13.3 Å². The zero-order chi connectivity index (χ0) is 14.8. The maximum Gasteiger partial charge on any atom is 0.179 e. The van der Waals surface area contributed by atoms with Gasteiger partial charge in [-0.15, -0.1) is 0 Å². The zero-order valence-corrected chi connectivity index (χ0v) is 12.9. The van der Waals surface area contributed by atoms with Crippen LogP contribution in [0.5, 0.6) is 5.75 Å². The number of benzene rings is 1. The predicted molar refractivity (Wildman–Crippen MR) is 84.4 cm³/mol. The van der Waals surface area contributed by atoms with Crippen LogP contribution in [-0.2, 0) is 0 Å². The molecule has 1 aromatic rings. The molecule has 2 unspecified atom stereocenters. The smallest absolute Gasteiger partial charge is 0.179 e. The van der Waals surface area contributed by atoms with Gasteiger partial charge in [-0.25, -0.2) is 0 Å². The summed E-state index contributed by atoms with van der Waals surface area (Å²) in [4.78, 5) is 14.8. The van der Waals surface area contributed by atoms with Crippen LogP contribution in [0.3, 0.4) is 0 Å². The summed E-state index contributed by atoms with van der Waals surface area (Å²) in [6.07, 6.45) is 4.49. The van der Waals surface area contributed by atoms with Gasteiger partial charge in [0.1, 0.15) is 11.9 Å². The first-order valence-electron chi connectivity index (χ1n) is 7.98. The first-order valence-corrected chi connectivity index (χ1v) is 7.98. The third kappa shape index (κ3) is 2.91. The van der Waals surface area contributed by atoms with Crippen molar-refractivity contribution in [1.82, 2.24) is 5.32 Å². The summed E-state index contributed by atoms with van der Waals surface area (Å²) in [5.41, 5.74) is 1.82. The molecule has 21 heavy (non-hydrogen) atoms. The molecule has 0 aliphatic carbocycles. The minimum atomic E-state index is -0.0185. The van der Waals surface area contributed by atoms with Gasteiger partial charge in [-0.3, -0.25) is 4.79 Å². The number of carbonyl (C=O) groups excluding carboxylic acids is 1. The summed E-state index contributed by atoms with van der Waals surface area (Å²) in [6.45, 7) is 3.96. The number of carbonyl (C=O) groups is 1. The van der Waals surface area contributed by atoms with Crippen LogP contribution in [0.2, 0.25) is 0 Å². The Bertz CT molecular complexity index is 524. The Kier molecular flexibility index (Phi) is 4.15. The molecule has 2 aliphatic heterocycles. The van der Waals surface area contributed by atoms with Crippen LogP contribution in [0.15, 0.2) is 18.2 Å². The summed E-state index contributed by atoms with van der Waals surface area (Å²) >= 11 is 0. The van der Waals surface area contributed by atoms with Crippen LogP contribution in [0, 0.1) is 0 Å². The van der Waals surface area contributed by atoms with Crippen molar-refractivity contribution in [1.29, 1.82) is 0 Å². The molecule has 2 atom stereocenters. The molecular weight excluding hydrogens is 264 g/mol. The highest BCUT2D eigenvalue weighted by molar-refractivity contribution is 6.01. The second-order valence-corrected chi connectivity index (χ2v) is 6.08. The van der Waals surface area contributed by atoms with Crippen molar-refractivity contribution in [3.63, 3.8) is 0 Å². The molecule has 2 aliphatic rings. The van der Waals surface area contributed by atoms with Crippen LogP contribution >= 0.6 is 0 Å². The fourth-order valence-electron chi connectivity index (χ4n) is 3.18. The van der Waals surface area contributed by atoms with E-state index in [1.165, 1.54) is 6.42 Å². The molecule has 0 aromatic heterocycles. The SMILES string of the molecule is CCC1CN(C)c2cc(C(=O)C3CCCCN3)ccc2O1. The molecule has 1 N–H and O–H groups in total. The summed E-state index contributed by atoms with van der Waals surface area (Å²) in [5, 5.41) is 3.33. The van der Waals surface area contributed by atoms with Crippen LogP contribution in [0.1, 0.15) is 43.0 Å². The first-order chi connectivity index (χ1) is 10.2. The van der Waals surface area contributed by atoms with Crippen LogP contribution in [0.25, 0.3) is 0 Å². The maximum absolute atomic E-state index is 12.6. The number of likely N-dealkylation sites (N-methyl/N-ethyl adjacent to an activating group) is 1. The number of fused-ring (bicyclic) bond motifs is 1. The molecule has 1 saturated heterocycles. The van der Waals surface area contributed by atoms with E-state index >= 15 is 0 Å². The maximum atomic E-state index is 12.6. The molecule has 4 nitrogen and oxygen atoms in total. The fraction of sp³-hybridized carbons (Fsp3) is 0.588. The minimum Gasteiger partial charge on any atom is -0.486 e. The summed E-state index contributed by atoms with van der Waals surface area (Å²) in [7, 11) is 2.07. The molecule has 0 amide bonds. The zero-order valence-electron chi connectivity index (χ0n) is 12.9. The topological polar surface area (TPSA) is 41.6 Å². The highest BCUT2D eigenvalue weighted by Gasteiger charge is 2.26. The second-order valence-electron chi connectivity index (χ2n) is 6.08. The Morgan fingerprint density at radius 3 is 3.00 bits per heavy atom. The van der Waals surface area contributed by atoms with Gasteiger partial charge in [0, 0.05) is 12.6 Å². The molecule has 114 valence electrons. The number of rotatable bonds is 3. The lowest BCUT2D eigenvalue weighted by molar-refractivity contribution is 0.0927. The Hall–Kier alpha value is -1.55. The van der Waals surface area contributed by atoms with Gasteiger partial charge in [-0.2, -0.15) is 0 Å². The number of ether oxygens (including phenoxy) is 1. The van der Waals surface area contributed by atoms with E-state index in [0.717, 1.165) is 49.4 Å². The van der Waals surface area contributed by atoms with E-state index in [-0.39, 0.29) is 17.9 Å². The Morgan fingerprint density at radius 1 is 1.43 bits per heavy atom. The van der Waals surface area contributed by atoms with Crippen LogP contribution < -0.4 is 15.0 Å². The summed E-state index contributed by atoms with van der Waals surface area (Å²) < 4.78 is 5.96. The summed E-state index contributed by atoms with van der Waals surface area (Å²) in [5.74, 6) is 1.10. The van der Waals surface area contributed by atoms with Gasteiger partial charge in [0.15, 0.2) is 5.78 Å². The predicted octanol–water partition coefficient (Wildman–Crippen LogP) is 2.62. The van der Waals surface area contributed by atoms with E-state index < -0.39 is 0 Å². The largest absolute Gasteiger partial charge is 0.486 e. The fourth-order valence-corrected chi connectivity index (χ4v) is 3.18. The number of anilines is 1. The van der Waals surface area contributed by atoms with Gasteiger partial charge in [-0.05, 0) is 44.0 Å². The third-order valence-electron chi connectivity index (χ3n) is 4.51. The normalized spacial score (nSPS) is 25.1. The second kappa shape index (κ2) is 6.06. The number of Topliss-reactive ketones (excluding diaryl/α,β-unsaturated/α-hetero) is 1. The standard InChI is InChI=1S/C17H24N2O2/c1-3-13-11-19(2)15-10-12(7-8-16(15)21-13)17(20)14-6-4-5-9-18-14/h7-8,10,13-14,18H,3-6,9,11H2,1-2H3. The van der Waals surface area contributed by atoms with E-state index in [1.54, 1.807) is 0 Å². The molecule has 0 bridgehead atoms. The third-order valence-corrected chi connectivity index (χ3v) is 4.51. The van der Waals surface area contributed by atoms with E-state index in [4.69, 9.17) is 4.74 Å². The number of ketones is 1. The molecule has 0 spiro atoms. The number of nitrogens with zero attached hydrogens (tertiary/aromatic N) is 1. The minimum absolute atomic E-state index is 0.0185. The van der Waals surface area contributed by atoms with Crippen molar-refractivity contribution in [2.45, 2.75) is 44.8 Å². The number of hydrogen-bond acceptors (Lipinski definition) is 4. The molecule has 3 rings (SSSR count). The van der Waals surface area contributed by atoms with Gasteiger partial charge < -0.3 is 15.0 Å². The van der Waals surface area contributed by atoms with Crippen molar-refractivity contribution in [3.8, 4) is 5.75 Å². The first kappa shape index (κ1) is 14.4. The van der Waals surface area contributed by atoms with Gasteiger partial charge in [0.05, 0.1) is 18.3 Å². The number of hydrogen-bond donors (Lipinski definition) is 1. The average Bonchev–Trinajstić information content (AvgIpc) is 2.54. The monoisotopic (exact) mass is 288 g/mol. The van der Waals surface area contributed by atoms with Crippen LogP contribution in [-0.4, -0.2) is 38.1 Å². The lowest BCUT2D eigenvalue weighted by Crippen LogP contribution is -2.41. The van der Waals surface area contributed by atoms with Crippen molar-refractivity contribution in [2.24, 2.45) is 0 Å². The van der Waals surface area contributed by atoms with Crippen molar-refractivity contribution in [3.05, 3.63) is 23.8 Å². The molecule has 1 fully saturated rings. The highest BCUT2D eigenvalue weighted by Crippen LogP contribution is 2.34. The quantitative estimate of drug-likeness (QED) is 0.868. The van der Waals surface area contributed by atoms with E-state index in [2.05, 4.69) is 24.2 Å². The van der Waals surface area contributed by atoms with E-state index in [0.29, 0.717) is 0 Å². The average molecular weight is 288 g/mol. The summed E-state index contributed by atoms with van der Waals surface area (Å²) in [6, 6.07) is 5.82. The van der Waals surface area contributed by atoms with Crippen molar-refractivity contribution < 1.29 is 9.53 Å². The van der Waals surface area contributed by atoms with E-state index in [1.807, 2.05) is 18.2 Å². The lowest BCUT2D eigenvalue weighted by Gasteiger charge is -2.34. The van der Waals surface area contributed by atoms with Crippen molar-refractivity contribution >= 4 is 11.5 Å². The highest BCUT2D eigenvalue weighted by atomic mass is 16.5. The molecular formula is C17H24N2O2. The Balaban J connectivity index is 1.82. The molecule has 1 aromatic carbocycles. The lowest BCUT2D eigenvalue weighted by atomic mass is 9.95. The molecule has 4 heteroatoms. The molecule has 2 heterocycles. The van der Waals surface area contributed by atoms with Gasteiger partial charge in [0.2, 0.25) is 0 Å². The molecule has 0 saturated carbocycles. The number of nitrogens with one attached hydrogen (secondary N) is 1. The Labute approximate surface area is 126 Å². The Morgan fingerprint density at radius 2 is 2.29 bits per heavy atom. The van der Waals surface area contributed by atoms with Crippen molar-refractivity contribution in [2.75, 3.05) is 25.0 Å². The molecule has 0 radical (unpaired) electrons. The van der Waals surface area contributed by atoms with Gasteiger partial charge in [0.25, 0.3) is 0 Å². The number of piperidine rings is 1. The van der Waals surface area contributed by atoms with Crippen LogP contribution in [0.4, 0.5) is 5.69 Å². The van der Waals surface area contributed by atoms with E-state index in [9.17, 15) is 4.79 Å². The van der Waals surface area contributed by atoms with Gasteiger partial charge >= 0.3 is 0 Å².